The lowest BCUT2D eigenvalue weighted by Gasteiger charge is -2.18. The number of amides is 1. The molecule has 1 amide bonds. The second-order valence-electron chi connectivity index (χ2n) is 6.41. The number of anilines is 2. The number of benzene rings is 2. The van der Waals surface area contributed by atoms with Crippen molar-refractivity contribution in [3.63, 3.8) is 0 Å². The predicted octanol–water partition coefficient (Wildman–Crippen LogP) is 3.64. The molecule has 0 aliphatic carbocycles. The summed E-state index contributed by atoms with van der Waals surface area (Å²) in [6.07, 6.45) is 1.15. The summed E-state index contributed by atoms with van der Waals surface area (Å²) in [5, 5.41) is 15.3. The predicted molar refractivity (Wildman–Crippen MR) is 108 cm³/mol. The van der Waals surface area contributed by atoms with Crippen molar-refractivity contribution < 1.29 is 9.90 Å². The summed E-state index contributed by atoms with van der Waals surface area (Å²) in [5.74, 6) is 0.135. The van der Waals surface area contributed by atoms with E-state index in [1.807, 2.05) is 60.7 Å². The highest BCUT2D eigenvalue weighted by Gasteiger charge is 2.22. The van der Waals surface area contributed by atoms with E-state index in [2.05, 4.69) is 15.6 Å². The fourth-order valence-electron chi connectivity index (χ4n) is 2.83. The summed E-state index contributed by atoms with van der Waals surface area (Å²) in [4.78, 5) is 17.3. The van der Waals surface area contributed by atoms with E-state index in [1.54, 1.807) is 25.3 Å². The Labute approximate surface area is 159 Å². The van der Waals surface area contributed by atoms with Crippen LogP contribution in [0.1, 0.15) is 24.0 Å². The Morgan fingerprint density at radius 1 is 0.963 bits per heavy atom. The molecule has 0 fully saturated rings. The highest BCUT2D eigenvalue weighted by atomic mass is 16.3. The molecule has 1 aromatic heterocycles. The lowest BCUT2D eigenvalue weighted by Crippen LogP contribution is -2.22. The molecule has 3 rings (SSSR count). The third-order valence-electron chi connectivity index (χ3n) is 4.14. The monoisotopic (exact) mass is 361 g/mol. The Morgan fingerprint density at radius 3 is 2.04 bits per heavy atom. The molecule has 3 aromatic rings. The molecule has 0 bridgehead atoms. The number of aromatic nitrogens is 1. The van der Waals surface area contributed by atoms with Gasteiger partial charge in [0.2, 0.25) is 5.91 Å². The van der Waals surface area contributed by atoms with Gasteiger partial charge in [-0.25, -0.2) is 4.98 Å². The number of carbonyl (C=O) groups is 1. The summed E-state index contributed by atoms with van der Waals surface area (Å²) in [6.45, 7) is 2.12. The van der Waals surface area contributed by atoms with E-state index in [0.717, 1.165) is 11.1 Å². The highest BCUT2D eigenvalue weighted by molar-refractivity contribution is 5.98. The lowest BCUT2D eigenvalue weighted by molar-refractivity contribution is -0.116. The van der Waals surface area contributed by atoms with Crippen LogP contribution in [0.15, 0.2) is 79.0 Å². The first kappa shape index (κ1) is 18.6. The van der Waals surface area contributed by atoms with Gasteiger partial charge in [0.25, 0.3) is 0 Å². The third kappa shape index (κ3) is 5.15. The minimum Gasteiger partial charge on any atom is -0.392 e. The molecule has 0 radical (unpaired) electrons. The van der Waals surface area contributed by atoms with E-state index in [9.17, 15) is 9.90 Å². The summed E-state index contributed by atoms with van der Waals surface area (Å²) in [5.41, 5.74) is 2.49. The van der Waals surface area contributed by atoms with E-state index >= 15 is 0 Å². The molecule has 27 heavy (non-hydrogen) atoms. The maximum atomic E-state index is 13.0. The van der Waals surface area contributed by atoms with Gasteiger partial charge in [-0.05, 0) is 30.2 Å². The quantitative estimate of drug-likeness (QED) is 0.601. The average molecular weight is 361 g/mol. The molecule has 1 heterocycles. The van der Waals surface area contributed by atoms with Crippen LogP contribution in [0.5, 0.6) is 0 Å². The topological polar surface area (TPSA) is 74.2 Å². The Bertz CT molecular complexity index is 810. The van der Waals surface area contributed by atoms with Gasteiger partial charge < -0.3 is 15.7 Å². The van der Waals surface area contributed by atoms with Crippen molar-refractivity contribution in [2.45, 2.75) is 18.9 Å². The minimum atomic E-state index is -0.455. The van der Waals surface area contributed by atoms with E-state index in [4.69, 9.17) is 0 Å². The number of rotatable bonds is 7. The number of carbonyl (C=O) groups excluding carboxylic acids is 1. The number of pyridine rings is 1. The molecule has 138 valence electrons. The van der Waals surface area contributed by atoms with Crippen molar-refractivity contribution >= 4 is 17.4 Å². The zero-order valence-corrected chi connectivity index (χ0v) is 15.2. The largest absolute Gasteiger partial charge is 0.392 e. The second kappa shape index (κ2) is 8.96. The van der Waals surface area contributed by atoms with Crippen LogP contribution in [0.3, 0.4) is 0 Å². The van der Waals surface area contributed by atoms with Crippen molar-refractivity contribution in [3.05, 3.63) is 90.1 Å². The summed E-state index contributed by atoms with van der Waals surface area (Å²) in [6, 6.07) is 23.0. The molecule has 5 nitrogen and oxygen atoms in total. The first-order valence-electron chi connectivity index (χ1n) is 8.92. The molecule has 3 N–H and O–H groups in total. The van der Waals surface area contributed by atoms with Gasteiger partial charge in [0.15, 0.2) is 0 Å². The molecule has 1 atom stereocenters. The van der Waals surface area contributed by atoms with Crippen molar-refractivity contribution in [3.8, 4) is 0 Å². The fourth-order valence-corrected chi connectivity index (χ4v) is 2.83. The Morgan fingerprint density at radius 2 is 1.56 bits per heavy atom. The van der Waals surface area contributed by atoms with Gasteiger partial charge in [0.1, 0.15) is 5.82 Å². The molecule has 5 heteroatoms. The zero-order chi connectivity index (χ0) is 19.1. The van der Waals surface area contributed by atoms with Gasteiger partial charge in [-0.2, -0.15) is 0 Å². The van der Waals surface area contributed by atoms with Crippen molar-refractivity contribution in [1.82, 2.24) is 4.98 Å². The molecule has 0 saturated heterocycles. The van der Waals surface area contributed by atoms with E-state index < -0.39 is 12.0 Å². The number of nitrogens with one attached hydrogen (secondary N) is 2. The van der Waals surface area contributed by atoms with E-state index in [-0.39, 0.29) is 5.91 Å². The number of aliphatic hydroxyl groups excluding tert-OH is 1. The standard InChI is InChI=1S/C22H23N3O2/c1-16(26)14-23-20-13-12-19(15-24-20)25-22(27)21(17-8-4-2-5-9-17)18-10-6-3-7-11-18/h2-13,15-16,21,26H,14H2,1H3,(H,23,24)(H,25,27). The number of aliphatic hydroxyl groups is 1. The van der Waals surface area contributed by atoms with Crippen LogP contribution >= 0.6 is 0 Å². The van der Waals surface area contributed by atoms with Gasteiger partial charge >= 0.3 is 0 Å². The Balaban J connectivity index is 1.77. The van der Waals surface area contributed by atoms with Crippen molar-refractivity contribution in [1.29, 1.82) is 0 Å². The number of hydrogen-bond donors (Lipinski definition) is 3. The molecule has 1 unspecified atom stereocenters. The molecule has 0 aliphatic rings. The fraction of sp³-hybridized carbons (Fsp3) is 0.182. The smallest absolute Gasteiger partial charge is 0.236 e. The van der Waals surface area contributed by atoms with E-state index in [1.165, 1.54) is 0 Å². The summed E-state index contributed by atoms with van der Waals surface area (Å²) in [7, 11) is 0. The molecule has 2 aromatic carbocycles. The molecule has 0 saturated carbocycles. The normalized spacial score (nSPS) is 11.8. The first-order chi connectivity index (χ1) is 13.1. The first-order valence-corrected chi connectivity index (χ1v) is 8.92. The average Bonchev–Trinajstić information content (AvgIpc) is 2.69. The van der Waals surface area contributed by atoms with Gasteiger partial charge in [0.05, 0.1) is 23.9 Å². The van der Waals surface area contributed by atoms with Crippen LogP contribution in [-0.4, -0.2) is 28.6 Å². The summed E-state index contributed by atoms with van der Waals surface area (Å²) >= 11 is 0. The van der Waals surface area contributed by atoms with Crippen LogP contribution in [0.4, 0.5) is 11.5 Å². The molecular weight excluding hydrogens is 338 g/mol. The van der Waals surface area contributed by atoms with Crippen LogP contribution in [0, 0.1) is 0 Å². The third-order valence-corrected chi connectivity index (χ3v) is 4.14. The number of hydrogen-bond acceptors (Lipinski definition) is 4. The summed E-state index contributed by atoms with van der Waals surface area (Å²) < 4.78 is 0. The highest BCUT2D eigenvalue weighted by Crippen LogP contribution is 2.26. The maximum Gasteiger partial charge on any atom is 0.236 e. The molecule has 0 spiro atoms. The van der Waals surface area contributed by atoms with E-state index in [0.29, 0.717) is 18.1 Å². The van der Waals surface area contributed by atoms with Gasteiger partial charge in [-0.1, -0.05) is 60.7 Å². The Hall–Kier alpha value is -3.18. The minimum absolute atomic E-state index is 0.112. The molecule has 0 aliphatic heterocycles. The maximum absolute atomic E-state index is 13.0. The lowest BCUT2D eigenvalue weighted by atomic mass is 9.90. The van der Waals surface area contributed by atoms with Crippen molar-refractivity contribution in [2.24, 2.45) is 0 Å². The van der Waals surface area contributed by atoms with Gasteiger partial charge in [0, 0.05) is 6.54 Å². The van der Waals surface area contributed by atoms with Gasteiger partial charge in [-0.15, -0.1) is 0 Å². The SMILES string of the molecule is CC(O)CNc1ccc(NC(=O)C(c2ccccc2)c2ccccc2)cn1. The van der Waals surface area contributed by atoms with Crippen molar-refractivity contribution in [2.75, 3.05) is 17.2 Å². The van der Waals surface area contributed by atoms with Crippen LogP contribution in [0.2, 0.25) is 0 Å². The van der Waals surface area contributed by atoms with Gasteiger partial charge in [-0.3, -0.25) is 4.79 Å². The Kier molecular flexibility index (Phi) is 6.18. The number of nitrogens with zero attached hydrogens (tertiary/aromatic N) is 1. The molecular formula is C22H23N3O2. The zero-order valence-electron chi connectivity index (χ0n) is 15.2. The van der Waals surface area contributed by atoms with Crippen LogP contribution in [0.25, 0.3) is 0 Å². The second-order valence-corrected chi connectivity index (χ2v) is 6.41. The van der Waals surface area contributed by atoms with Crippen LogP contribution < -0.4 is 10.6 Å². The van der Waals surface area contributed by atoms with Crippen LogP contribution in [-0.2, 0) is 4.79 Å².